The number of rotatable bonds is 6. The Bertz CT molecular complexity index is 2910. The number of hydrogen-bond acceptors (Lipinski definition) is 3. The highest BCUT2D eigenvalue weighted by molar-refractivity contribution is 6.03. The molecule has 0 bridgehead atoms. The van der Waals surface area contributed by atoms with Crippen molar-refractivity contribution in [1.82, 2.24) is 15.0 Å². The fourth-order valence-corrected chi connectivity index (χ4v) is 9.47. The fraction of sp³-hybridized carbons (Fsp3) is 0.0556. The Kier molecular flexibility index (Phi) is 7.68. The van der Waals surface area contributed by atoms with Crippen LogP contribution in [0, 0.1) is 0 Å². The average Bonchev–Trinajstić information content (AvgIpc) is 3.77. The van der Waals surface area contributed by atoms with Gasteiger partial charge >= 0.3 is 0 Å². The van der Waals surface area contributed by atoms with Crippen molar-refractivity contribution in [3.8, 4) is 56.2 Å². The fourth-order valence-electron chi connectivity index (χ4n) is 9.47. The van der Waals surface area contributed by atoms with Gasteiger partial charge in [0.15, 0.2) is 17.5 Å². The molecule has 1 aromatic heterocycles. The van der Waals surface area contributed by atoms with Gasteiger partial charge in [-0.15, -0.1) is 0 Å². The molecule has 0 aliphatic heterocycles. The summed E-state index contributed by atoms with van der Waals surface area (Å²) in [4.78, 5) is 15.0. The van der Waals surface area contributed by atoms with Gasteiger partial charge in [0.25, 0.3) is 0 Å². The minimum atomic E-state index is -0.441. The molecule has 1 heterocycles. The van der Waals surface area contributed by atoms with E-state index in [0.29, 0.717) is 11.6 Å². The number of benzene rings is 7. The Labute approximate surface area is 333 Å². The molecule has 0 fully saturated rings. The second kappa shape index (κ2) is 13.2. The van der Waals surface area contributed by atoms with Crippen LogP contribution in [-0.4, -0.2) is 15.0 Å². The third-order valence-corrected chi connectivity index (χ3v) is 12.0. The first-order valence-electron chi connectivity index (χ1n) is 19.7. The van der Waals surface area contributed by atoms with Crippen molar-refractivity contribution in [3.63, 3.8) is 0 Å². The van der Waals surface area contributed by atoms with Crippen LogP contribution in [0.2, 0.25) is 0 Å². The minimum Gasteiger partial charge on any atom is -0.209 e. The van der Waals surface area contributed by atoms with Crippen LogP contribution in [-0.2, 0) is 5.41 Å². The summed E-state index contributed by atoms with van der Waals surface area (Å²) in [6, 6.07) is 61.2. The summed E-state index contributed by atoms with van der Waals surface area (Å²) in [7, 11) is 0. The predicted molar refractivity (Wildman–Crippen MR) is 233 cm³/mol. The lowest BCUT2D eigenvalue weighted by molar-refractivity contribution is 0.793. The van der Waals surface area contributed by atoms with E-state index in [1.165, 1.54) is 50.1 Å². The lowest BCUT2D eigenvalue weighted by Crippen LogP contribution is -2.25. The molecule has 3 aliphatic rings. The molecule has 0 saturated carbocycles. The van der Waals surface area contributed by atoms with Crippen molar-refractivity contribution in [2.45, 2.75) is 18.3 Å². The summed E-state index contributed by atoms with van der Waals surface area (Å²) in [5.41, 5.74) is 18.5. The van der Waals surface area contributed by atoms with Crippen LogP contribution < -0.4 is 0 Å². The van der Waals surface area contributed by atoms with Gasteiger partial charge in [0.1, 0.15) is 0 Å². The quantitative estimate of drug-likeness (QED) is 0.171. The van der Waals surface area contributed by atoms with Crippen LogP contribution in [0.15, 0.2) is 195 Å². The molecular formula is C54H37N3. The highest BCUT2D eigenvalue weighted by Crippen LogP contribution is 2.64. The molecule has 57 heavy (non-hydrogen) atoms. The van der Waals surface area contributed by atoms with E-state index in [0.717, 1.165) is 57.6 Å². The van der Waals surface area contributed by atoms with Gasteiger partial charge in [-0.05, 0) is 90.7 Å². The Morgan fingerprint density at radius 3 is 1.60 bits per heavy atom. The molecular weight excluding hydrogens is 691 g/mol. The summed E-state index contributed by atoms with van der Waals surface area (Å²) in [6.45, 7) is 4.91. The molecule has 0 unspecified atom stereocenters. The Balaban J connectivity index is 1.09. The topological polar surface area (TPSA) is 38.7 Å². The van der Waals surface area contributed by atoms with Gasteiger partial charge in [-0.1, -0.05) is 195 Å². The Hall–Kier alpha value is -7.23. The number of aromatic nitrogens is 3. The van der Waals surface area contributed by atoms with Crippen molar-refractivity contribution in [3.05, 3.63) is 234 Å². The van der Waals surface area contributed by atoms with Crippen molar-refractivity contribution in [1.29, 1.82) is 0 Å². The maximum absolute atomic E-state index is 5.04. The van der Waals surface area contributed by atoms with E-state index in [2.05, 4.69) is 170 Å². The van der Waals surface area contributed by atoms with Crippen molar-refractivity contribution < 1.29 is 0 Å². The van der Waals surface area contributed by atoms with Gasteiger partial charge in [-0.25, -0.2) is 15.0 Å². The SMILES string of the molecule is C=C(c1ccc(-c2nc(C3=CC=CCC3)nc(-c3ccccc3)n2)cc1)c1c(-c2ccccc2)ccc2c1-c1ccccc1C21c2ccccc2-c2ccccc21. The molecule has 268 valence electrons. The molecule has 3 heteroatoms. The third kappa shape index (κ3) is 5.09. The van der Waals surface area contributed by atoms with Crippen molar-refractivity contribution in [2.24, 2.45) is 0 Å². The number of nitrogens with zero attached hydrogens (tertiary/aromatic N) is 3. The maximum Gasteiger partial charge on any atom is 0.164 e. The summed E-state index contributed by atoms with van der Waals surface area (Å²) < 4.78 is 0. The standard InChI is InChI=1S/C54H37N3/c1-35(36-29-31-40(32-30-36)53-56-51(38-19-7-3-8-20-38)55-52(57-53)39-21-9-4-10-22-39)49-41(37-17-5-2-6-18-37)33-34-48-50(49)44-25-13-16-28-47(44)54(48)45-26-14-11-23-42(45)43-24-12-15-27-46(43)54/h2-9,11-21,23-34H,1,10,22H2. The zero-order chi connectivity index (χ0) is 37.9. The van der Waals surface area contributed by atoms with E-state index in [1.807, 2.05) is 18.2 Å². The molecule has 3 aliphatic carbocycles. The van der Waals surface area contributed by atoms with E-state index < -0.39 is 5.41 Å². The van der Waals surface area contributed by atoms with Gasteiger partial charge in [0, 0.05) is 11.1 Å². The summed E-state index contributed by atoms with van der Waals surface area (Å²) in [5, 5.41) is 0. The van der Waals surface area contributed by atoms with Gasteiger partial charge in [-0.2, -0.15) is 0 Å². The highest BCUT2D eigenvalue weighted by Gasteiger charge is 2.52. The summed E-state index contributed by atoms with van der Waals surface area (Å²) in [5.74, 6) is 2.06. The molecule has 1 spiro atoms. The van der Waals surface area contributed by atoms with Crippen LogP contribution >= 0.6 is 0 Å². The van der Waals surface area contributed by atoms with Crippen LogP contribution in [0.3, 0.4) is 0 Å². The molecule has 7 aromatic carbocycles. The van der Waals surface area contributed by atoms with Crippen LogP contribution in [0.1, 0.15) is 52.0 Å². The van der Waals surface area contributed by atoms with Crippen LogP contribution in [0.4, 0.5) is 0 Å². The molecule has 8 aromatic rings. The predicted octanol–water partition coefficient (Wildman–Crippen LogP) is 13.0. The zero-order valence-corrected chi connectivity index (χ0v) is 31.4. The van der Waals surface area contributed by atoms with Crippen molar-refractivity contribution in [2.75, 3.05) is 0 Å². The summed E-state index contributed by atoms with van der Waals surface area (Å²) >= 11 is 0. The summed E-state index contributed by atoms with van der Waals surface area (Å²) in [6.07, 6.45) is 8.28. The largest absolute Gasteiger partial charge is 0.209 e. The molecule has 0 saturated heterocycles. The van der Waals surface area contributed by atoms with E-state index in [1.54, 1.807) is 0 Å². The van der Waals surface area contributed by atoms with Gasteiger partial charge in [0.05, 0.1) is 5.41 Å². The third-order valence-electron chi connectivity index (χ3n) is 12.0. The first-order chi connectivity index (χ1) is 28.2. The van der Waals surface area contributed by atoms with E-state index in [-0.39, 0.29) is 0 Å². The Morgan fingerprint density at radius 1 is 0.456 bits per heavy atom. The lowest BCUT2D eigenvalue weighted by Gasteiger charge is -2.31. The normalized spacial score (nSPS) is 14.1. The van der Waals surface area contributed by atoms with E-state index in [9.17, 15) is 0 Å². The average molecular weight is 728 g/mol. The minimum absolute atomic E-state index is 0.441. The number of fused-ring (bicyclic) bond motifs is 10. The van der Waals surface area contributed by atoms with E-state index in [4.69, 9.17) is 21.5 Å². The molecule has 0 radical (unpaired) electrons. The number of hydrogen-bond donors (Lipinski definition) is 0. The first kappa shape index (κ1) is 33.1. The second-order valence-electron chi connectivity index (χ2n) is 15.1. The second-order valence-corrected chi connectivity index (χ2v) is 15.1. The zero-order valence-electron chi connectivity index (χ0n) is 31.4. The smallest absolute Gasteiger partial charge is 0.164 e. The van der Waals surface area contributed by atoms with Crippen LogP contribution in [0.25, 0.3) is 67.3 Å². The molecule has 0 N–H and O–H groups in total. The molecule has 11 rings (SSSR count). The first-order valence-corrected chi connectivity index (χ1v) is 19.7. The van der Waals surface area contributed by atoms with Gasteiger partial charge in [0.2, 0.25) is 0 Å². The van der Waals surface area contributed by atoms with E-state index >= 15 is 0 Å². The van der Waals surface area contributed by atoms with Crippen molar-refractivity contribution >= 4 is 11.1 Å². The highest BCUT2D eigenvalue weighted by atomic mass is 15.0. The molecule has 3 nitrogen and oxygen atoms in total. The van der Waals surface area contributed by atoms with Gasteiger partial charge < -0.3 is 0 Å². The number of allylic oxidation sites excluding steroid dienone is 4. The van der Waals surface area contributed by atoms with Crippen LogP contribution in [0.5, 0.6) is 0 Å². The molecule has 0 amide bonds. The molecule has 0 atom stereocenters. The lowest BCUT2D eigenvalue weighted by atomic mass is 9.70. The monoisotopic (exact) mass is 727 g/mol. The van der Waals surface area contributed by atoms with Gasteiger partial charge in [-0.3, -0.25) is 0 Å². The Morgan fingerprint density at radius 2 is 0.982 bits per heavy atom. The maximum atomic E-state index is 5.04.